The molecule has 0 radical (unpaired) electrons. The van der Waals surface area contributed by atoms with Crippen molar-refractivity contribution in [3.8, 4) is 0 Å². The van der Waals surface area contributed by atoms with Crippen LogP contribution in [0.5, 0.6) is 0 Å². The second-order valence-corrected chi connectivity index (χ2v) is 19.6. The molecule has 0 bridgehead atoms. The Kier molecular flexibility index (Phi) is 10.6. The average Bonchev–Trinajstić information content (AvgIpc) is 3.14. The summed E-state index contributed by atoms with van der Waals surface area (Å²) in [5.74, 6) is -1.20. The van der Waals surface area contributed by atoms with Gasteiger partial charge < -0.3 is 64.6 Å². The highest BCUT2D eigenvalue weighted by Crippen LogP contribution is 2.76. The van der Waals surface area contributed by atoms with E-state index in [1.807, 2.05) is 20.8 Å². The molecule has 0 aromatic carbocycles. The summed E-state index contributed by atoms with van der Waals surface area (Å²) in [7, 11) is 0. The van der Waals surface area contributed by atoms with Crippen LogP contribution in [0.4, 0.5) is 0 Å². The number of aliphatic hydroxyl groups is 8. The SMILES string of the molecule is CC1CCC2(C(=O)OC3OCC(O)C(O)C3OC3OC(CO)C(O)C(O)C3O)CCC3(C)C(=CCC4C5(C)CCC(O)C(C)(C=O)C5CCC43C)C2C1(C)O. The maximum absolute atomic E-state index is 14.9. The number of fused-ring (bicyclic) bond motifs is 7. The average molecular weight is 781 g/mol. The Hall–Kier alpha value is -1.56. The first-order valence-corrected chi connectivity index (χ1v) is 20.4. The van der Waals surface area contributed by atoms with E-state index in [0.29, 0.717) is 38.5 Å². The number of esters is 1. The summed E-state index contributed by atoms with van der Waals surface area (Å²) in [6.45, 7) is 11.5. The van der Waals surface area contributed by atoms with Gasteiger partial charge in [-0.25, -0.2) is 0 Å². The summed E-state index contributed by atoms with van der Waals surface area (Å²) in [5, 5.41) is 86.3. The molecule has 0 aromatic rings. The van der Waals surface area contributed by atoms with Crippen LogP contribution in [0, 0.1) is 50.7 Å². The van der Waals surface area contributed by atoms with Crippen molar-refractivity contribution in [2.24, 2.45) is 50.7 Å². The molecule has 20 atom stereocenters. The summed E-state index contributed by atoms with van der Waals surface area (Å²) < 4.78 is 23.3. The standard InChI is InChI=1S/C41H64O14/c1-20-9-14-41(35(50)55-34-31(27(46)22(44)18-52-34)54-33-30(49)29(48)28(47)23(17-42)53-33)16-15-38(4)21(32(41)40(20,6)51)7-8-25-36(2)12-11-26(45)37(3,19-43)24(36)10-13-39(25,38)5/h7,19-20,22-34,42,44-49,51H,8-18H2,1-6H3. The largest absolute Gasteiger partial charge is 0.432 e. The van der Waals surface area contributed by atoms with Gasteiger partial charge in [-0.15, -0.1) is 0 Å². The number of ether oxygens (including phenoxy) is 4. The van der Waals surface area contributed by atoms with E-state index in [2.05, 4.69) is 26.8 Å². The lowest BCUT2D eigenvalue weighted by Crippen LogP contribution is -2.68. The summed E-state index contributed by atoms with van der Waals surface area (Å²) >= 11 is 0. The van der Waals surface area contributed by atoms with Crippen LogP contribution < -0.4 is 0 Å². The second kappa shape index (κ2) is 14.0. The highest BCUT2D eigenvalue weighted by atomic mass is 16.8. The van der Waals surface area contributed by atoms with Crippen LogP contribution in [-0.4, -0.2) is 133 Å². The van der Waals surface area contributed by atoms with Gasteiger partial charge in [0.2, 0.25) is 6.29 Å². The molecule has 2 aliphatic heterocycles. The Bertz CT molecular complexity index is 1520. The number of hydrogen-bond acceptors (Lipinski definition) is 14. The topological polar surface area (TPSA) is 233 Å². The second-order valence-electron chi connectivity index (χ2n) is 19.6. The van der Waals surface area contributed by atoms with Gasteiger partial charge in [-0.05, 0) is 98.7 Å². The highest BCUT2D eigenvalue weighted by Gasteiger charge is 2.72. The normalized spacial score (nSPS) is 56.5. The summed E-state index contributed by atoms with van der Waals surface area (Å²) in [6.07, 6.45) is -6.33. The molecule has 7 rings (SSSR count). The van der Waals surface area contributed by atoms with Crippen molar-refractivity contribution in [1.29, 1.82) is 0 Å². The number of carbonyl (C=O) groups is 2. The zero-order valence-electron chi connectivity index (χ0n) is 33.0. The first kappa shape index (κ1) is 41.6. The van der Waals surface area contributed by atoms with E-state index in [-0.39, 0.29) is 28.6 Å². The number of allylic oxidation sites excluding steroid dienone is 1. The fourth-order valence-corrected chi connectivity index (χ4v) is 13.3. The minimum absolute atomic E-state index is 0.0239. The molecule has 0 amide bonds. The van der Waals surface area contributed by atoms with Gasteiger partial charge >= 0.3 is 5.97 Å². The van der Waals surface area contributed by atoms with Gasteiger partial charge in [0.05, 0.1) is 35.7 Å². The van der Waals surface area contributed by atoms with Gasteiger partial charge in [0.1, 0.15) is 42.9 Å². The van der Waals surface area contributed by atoms with E-state index < -0.39 is 108 Å². The van der Waals surface area contributed by atoms with Gasteiger partial charge in [-0.3, -0.25) is 4.79 Å². The van der Waals surface area contributed by atoms with Crippen molar-refractivity contribution in [1.82, 2.24) is 0 Å². The van der Waals surface area contributed by atoms with Crippen molar-refractivity contribution in [3.05, 3.63) is 11.6 Å². The molecule has 0 aromatic heterocycles. The molecule has 14 heteroatoms. The predicted molar refractivity (Wildman–Crippen MR) is 193 cm³/mol. The number of aldehydes is 1. The van der Waals surface area contributed by atoms with E-state index >= 15 is 0 Å². The summed E-state index contributed by atoms with van der Waals surface area (Å²) in [4.78, 5) is 27.5. The van der Waals surface area contributed by atoms with Gasteiger partial charge in [0.25, 0.3) is 0 Å². The lowest BCUT2D eigenvalue weighted by Gasteiger charge is -2.71. The Morgan fingerprint density at radius 1 is 0.873 bits per heavy atom. The lowest BCUT2D eigenvalue weighted by atomic mass is 9.33. The van der Waals surface area contributed by atoms with Crippen LogP contribution in [0.15, 0.2) is 11.6 Å². The monoisotopic (exact) mass is 780 g/mol. The molecule has 55 heavy (non-hydrogen) atoms. The Balaban J connectivity index is 1.22. The number of carbonyl (C=O) groups excluding carboxylic acids is 2. The van der Waals surface area contributed by atoms with Crippen LogP contribution >= 0.6 is 0 Å². The van der Waals surface area contributed by atoms with Crippen LogP contribution in [0.1, 0.15) is 99.3 Å². The number of rotatable bonds is 6. The maximum atomic E-state index is 14.9. The van der Waals surface area contributed by atoms with E-state index in [4.69, 9.17) is 18.9 Å². The minimum Gasteiger partial charge on any atom is -0.432 e. The highest BCUT2D eigenvalue weighted by molar-refractivity contribution is 5.79. The Labute approximate surface area is 323 Å². The first-order chi connectivity index (χ1) is 25.7. The van der Waals surface area contributed by atoms with Gasteiger partial charge in [0.15, 0.2) is 12.4 Å². The van der Waals surface area contributed by atoms with Crippen LogP contribution in [0.25, 0.3) is 0 Å². The van der Waals surface area contributed by atoms with E-state index in [1.54, 1.807) is 0 Å². The molecule has 5 aliphatic carbocycles. The fourth-order valence-electron chi connectivity index (χ4n) is 13.3. The zero-order valence-corrected chi connectivity index (χ0v) is 33.0. The Morgan fingerprint density at radius 3 is 2.25 bits per heavy atom. The molecule has 6 fully saturated rings. The van der Waals surface area contributed by atoms with Crippen LogP contribution in [0.2, 0.25) is 0 Å². The molecule has 7 aliphatic rings. The fraction of sp³-hybridized carbons (Fsp3) is 0.902. The molecule has 14 nitrogen and oxygen atoms in total. The van der Waals surface area contributed by atoms with E-state index in [1.165, 1.54) is 0 Å². The van der Waals surface area contributed by atoms with Crippen molar-refractivity contribution >= 4 is 12.3 Å². The number of hydrogen-bond donors (Lipinski definition) is 8. The number of aliphatic hydroxyl groups excluding tert-OH is 7. The van der Waals surface area contributed by atoms with Crippen LogP contribution in [-0.2, 0) is 28.5 Å². The molecule has 20 unspecified atom stereocenters. The molecular formula is C41H64O14. The van der Waals surface area contributed by atoms with Crippen molar-refractivity contribution in [3.63, 3.8) is 0 Å². The van der Waals surface area contributed by atoms with E-state index in [0.717, 1.165) is 31.1 Å². The summed E-state index contributed by atoms with van der Waals surface area (Å²) in [5.41, 5.74) is -3.15. The maximum Gasteiger partial charge on any atom is 0.315 e. The van der Waals surface area contributed by atoms with Crippen molar-refractivity contribution < 1.29 is 69.4 Å². The third-order valence-electron chi connectivity index (χ3n) is 17.2. The van der Waals surface area contributed by atoms with Crippen molar-refractivity contribution in [2.75, 3.05) is 13.2 Å². The molecular weight excluding hydrogens is 716 g/mol. The van der Waals surface area contributed by atoms with Gasteiger partial charge in [0, 0.05) is 5.92 Å². The van der Waals surface area contributed by atoms with Gasteiger partial charge in [-0.1, -0.05) is 46.3 Å². The molecule has 0 spiro atoms. The quantitative estimate of drug-likeness (QED) is 0.107. The predicted octanol–water partition coefficient (Wildman–Crippen LogP) is 1.11. The summed E-state index contributed by atoms with van der Waals surface area (Å²) in [6, 6.07) is 0. The van der Waals surface area contributed by atoms with Crippen LogP contribution in [0.3, 0.4) is 0 Å². The molecule has 4 saturated carbocycles. The third kappa shape index (κ3) is 5.82. The first-order valence-electron chi connectivity index (χ1n) is 20.4. The smallest absolute Gasteiger partial charge is 0.315 e. The minimum atomic E-state index is -1.82. The molecule has 2 saturated heterocycles. The third-order valence-corrected chi connectivity index (χ3v) is 17.2. The molecule has 8 N–H and O–H groups in total. The molecule has 2 heterocycles. The van der Waals surface area contributed by atoms with Crippen molar-refractivity contribution in [2.45, 2.75) is 166 Å². The van der Waals surface area contributed by atoms with Gasteiger partial charge in [-0.2, -0.15) is 0 Å². The molecule has 312 valence electrons. The van der Waals surface area contributed by atoms with E-state index in [9.17, 15) is 50.4 Å². The zero-order chi connectivity index (χ0) is 40.3. The lowest BCUT2D eigenvalue weighted by molar-refractivity contribution is -0.354. The Morgan fingerprint density at radius 2 is 1.58 bits per heavy atom.